The van der Waals surface area contributed by atoms with E-state index < -0.39 is 0 Å². The zero-order chi connectivity index (χ0) is 13.7. The summed E-state index contributed by atoms with van der Waals surface area (Å²) in [6, 6.07) is 0. The third-order valence-corrected chi connectivity index (χ3v) is 4.82. The molecule has 2 atom stereocenters. The van der Waals surface area contributed by atoms with Crippen molar-refractivity contribution in [2.24, 2.45) is 17.3 Å². The van der Waals surface area contributed by atoms with Gasteiger partial charge in [0.15, 0.2) is 0 Å². The molecule has 4 nitrogen and oxygen atoms in total. The molecule has 2 unspecified atom stereocenters. The first-order valence-electron chi connectivity index (χ1n) is 7.64. The molecule has 2 rings (SSSR count). The van der Waals surface area contributed by atoms with E-state index in [2.05, 4.69) is 17.6 Å². The van der Waals surface area contributed by atoms with Gasteiger partial charge in [0, 0.05) is 13.7 Å². The molecule has 0 radical (unpaired) electrons. The molecule has 2 fully saturated rings. The van der Waals surface area contributed by atoms with Gasteiger partial charge in [-0.3, -0.25) is 4.79 Å². The monoisotopic (exact) mass is 268 g/mol. The molecule has 0 spiro atoms. The molecule has 1 saturated heterocycles. The van der Waals surface area contributed by atoms with Crippen LogP contribution in [-0.2, 0) is 9.53 Å². The van der Waals surface area contributed by atoms with Crippen LogP contribution >= 0.6 is 0 Å². The average Bonchev–Trinajstić information content (AvgIpc) is 2.83. The summed E-state index contributed by atoms with van der Waals surface area (Å²) in [5.74, 6) is 1.71. The van der Waals surface area contributed by atoms with E-state index in [0.29, 0.717) is 12.5 Å². The largest absolute Gasteiger partial charge is 0.384 e. The normalized spacial score (nSPS) is 30.2. The van der Waals surface area contributed by atoms with E-state index in [1.54, 1.807) is 7.11 Å². The van der Waals surface area contributed by atoms with E-state index in [0.717, 1.165) is 38.4 Å². The van der Waals surface area contributed by atoms with E-state index >= 15 is 0 Å². The molecule has 1 aliphatic heterocycles. The van der Waals surface area contributed by atoms with Crippen molar-refractivity contribution in [3.8, 4) is 0 Å². The number of carbonyl (C=O) groups is 1. The van der Waals surface area contributed by atoms with E-state index in [9.17, 15) is 4.79 Å². The van der Waals surface area contributed by atoms with Gasteiger partial charge in [-0.05, 0) is 50.6 Å². The van der Waals surface area contributed by atoms with Crippen LogP contribution in [0.4, 0.5) is 0 Å². The molecular weight excluding hydrogens is 240 g/mol. The molecule has 2 aliphatic rings. The predicted molar refractivity (Wildman–Crippen MR) is 75.9 cm³/mol. The van der Waals surface area contributed by atoms with Gasteiger partial charge in [-0.15, -0.1) is 0 Å². The van der Waals surface area contributed by atoms with Crippen molar-refractivity contribution in [2.45, 2.75) is 39.0 Å². The molecule has 0 aromatic heterocycles. The van der Waals surface area contributed by atoms with Crippen molar-refractivity contribution in [1.29, 1.82) is 0 Å². The number of ether oxygens (including phenoxy) is 1. The highest BCUT2D eigenvalue weighted by molar-refractivity contribution is 5.83. The van der Waals surface area contributed by atoms with E-state index in [1.807, 2.05) is 0 Å². The molecular formula is C15H28N2O2. The van der Waals surface area contributed by atoms with Crippen LogP contribution in [0.5, 0.6) is 0 Å². The van der Waals surface area contributed by atoms with Gasteiger partial charge in [0.1, 0.15) is 0 Å². The number of hydrogen-bond acceptors (Lipinski definition) is 3. The second-order valence-electron chi connectivity index (χ2n) is 6.46. The summed E-state index contributed by atoms with van der Waals surface area (Å²) in [6.45, 7) is 5.53. The summed E-state index contributed by atoms with van der Waals surface area (Å²) in [7, 11) is 1.69. The minimum Gasteiger partial charge on any atom is -0.384 e. The lowest BCUT2D eigenvalue weighted by Gasteiger charge is -2.35. The third kappa shape index (κ3) is 3.69. The van der Waals surface area contributed by atoms with Crippen LogP contribution in [0.2, 0.25) is 0 Å². The fraction of sp³-hybridized carbons (Fsp3) is 0.933. The molecule has 4 heteroatoms. The molecule has 0 bridgehead atoms. The fourth-order valence-corrected chi connectivity index (χ4v) is 3.55. The van der Waals surface area contributed by atoms with Crippen LogP contribution in [0, 0.1) is 17.3 Å². The molecule has 110 valence electrons. The lowest BCUT2D eigenvalue weighted by molar-refractivity contribution is -0.136. The van der Waals surface area contributed by atoms with Gasteiger partial charge in [-0.25, -0.2) is 0 Å². The van der Waals surface area contributed by atoms with Crippen molar-refractivity contribution in [3.63, 3.8) is 0 Å². The van der Waals surface area contributed by atoms with E-state index in [1.165, 1.54) is 19.3 Å². The summed E-state index contributed by atoms with van der Waals surface area (Å²) >= 11 is 0. The maximum atomic E-state index is 12.5. The number of rotatable bonds is 5. The average molecular weight is 268 g/mol. The van der Waals surface area contributed by atoms with Crippen LogP contribution in [0.3, 0.4) is 0 Å². The predicted octanol–water partition coefficient (Wildman–Crippen LogP) is 1.55. The van der Waals surface area contributed by atoms with Crippen LogP contribution in [0.15, 0.2) is 0 Å². The highest BCUT2D eigenvalue weighted by atomic mass is 16.5. The van der Waals surface area contributed by atoms with Crippen molar-refractivity contribution >= 4 is 5.91 Å². The number of nitrogens with one attached hydrogen (secondary N) is 2. The molecule has 19 heavy (non-hydrogen) atoms. The second-order valence-corrected chi connectivity index (χ2v) is 6.46. The zero-order valence-electron chi connectivity index (χ0n) is 12.3. The molecule has 1 heterocycles. The van der Waals surface area contributed by atoms with Crippen LogP contribution in [-0.4, -0.2) is 39.3 Å². The Bertz CT molecular complexity index is 295. The number of amides is 1. The highest BCUT2D eigenvalue weighted by Crippen LogP contribution is 2.32. The first-order valence-corrected chi connectivity index (χ1v) is 7.64. The van der Waals surface area contributed by atoms with Gasteiger partial charge >= 0.3 is 0 Å². The Labute approximate surface area is 116 Å². The Hall–Kier alpha value is -0.610. The summed E-state index contributed by atoms with van der Waals surface area (Å²) in [5.41, 5.74) is -0.301. The SMILES string of the molecule is COCC1(C(=O)NCC2CCC(C)C2)CCNCC1. The van der Waals surface area contributed by atoms with Crippen LogP contribution in [0.1, 0.15) is 39.0 Å². The molecule has 0 aromatic rings. The van der Waals surface area contributed by atoms with Crippen LogP contribution < -0.4 is 10.6 Å². The Morgan fingerprint density at radius 1 is 1.37 bits per heavy atom. The van der Waals surface area contributed by atoms with Crippen molar-refractivity contribution in [2.75, 3.05) is 33.4 Å². The Kier molecular flexibility index (Phi) is 5.22. The first kappa shape index (κ1) is 14.8. The van der Waals surface area contributed by atoms with Gasteiger partial charge < -0.3 is 15.4 Å². The van der Waals surface area contributed by atoms with Gasteiger partial charge in [0.05, 0.1) is 12.0 Å². The van der Waals surface area contributed by atoms with Gasteiger partial charge in [0.25, 0.3) is 0 Å². The summed E-state index contributed by atoms with van der Waals surface area (Å²) in [6.07, 6.45) is 5.61. The second kappa shape index (κ2) is 6.71. The maximum absolute atomic E-state index is 12.5. The molecule has 1 amide bonds. The van der Waals surface area contributed by atoms with Crippen molar-refractivity contribution < 1.29 is 9.53 Å². The Balaban J connectivity index is 1.85. The highest BCUT2D eigenvalue weighted by Gasteiger charge is 2.39. The number of piperidine rings is 1. The van der Waals surface area contributed by atoms with E-state index in [4.69, 9.17) is 4.74 Å². The smallest absolute Gasteiger partial charge is 0.228 e. The zero-order valence-corrected chi connectivity index (χ0v) is 12.3. The number of hydrogen-bond donors (Lipinski definition) is 2. The summed E-state index contributed by atoms with van der Waals surface area (Å²) in [4.78, 5) is 12.5. The first-order chi connectivity index (χ1) is 9.16. The van der Waals surface area contributed by atoms with Crippen molar-refractivity contribution in [1.82, 2.24) is 10.6 Å². The fourth-order valence-electron chi connectivity index (χ4n) is 3.55. The minimum atomic E-state index is -0.301. The van der Waals surface area contributed by atoms with Gasteiger partial charge in [-0.2, -0.15) is 0 Å². The lowest BCUT2D eigenvalue weighted by Crippen LogP contribution is -2.50. The van der Waals surface area contributed by atoms with Gasteiger partial charge in [0.2, 0.25) is 5.91 Å². The maximum Gasteiger partial charge on any atom is 0.228 e. The summed E-state index contributed by atoms with van der Waals surface area (Å²) in [5, 5.41) is 6.51. The third-order valence-electron chi connectivity index (χ3n) is 4.82. The molecule has 1 saturated carbocycles. The summed E-state index contributed by atoms with van der Waals surface area (Å²) < 4.78 is 5.31. The standard InChI is InChI=1S/C15H28N2O2/c1-12-3-4-13(9-12)10-17-14(18)15(11-19-2)5-7-16-8-6-15/h12-13,16H,3-11H2,1-2H3,(H,17,18). The number of carbonyl (C=O) groups excluding carboxylic acids is 1. The van der Waals surface area contributed by atoms with Crippen LogP contribution in [0.25, 0.3) is 0 Å². The molecule has 1 aliphatic carbocycles. The minimum absolute atomic E-state index is 0.204. The van der Waals surface area contributed by atoms with E-state index in [-0.39, 0.29) is 11.3 Å². The number of methoxy groups -OCH3 is 1. The van der Waals surface area contributed by atoms with Gasteiger partial charge in [-0.1, -0.05) is 13.3 Å². The quantitative estimate of drug-likeness (QED) is 0.795. The molecule has 2 N–H and O–H groups in total. The lowest BCUT2D eigenvalue weighted by atomic mass is 9.78. The Morgan fingerprint density at radius 2 is 2.11 bits per heavy atom. The molecule has 0 aromatic carbocycles. The Morgan fingerprint density at radius 3 is 2.68 bits per heavy atom. The topological polar surface area (TPSA) is 50.4 Å². The van der Waals surface area contributed by atoms with Crippen molar-refractivity contribution in [3.05, 3.63) is 0 Å².